The lowest BCUT2D eigenvalue weighted by Crippen LogP contribution is -2.47. The van der Waals surface area contributed by atoms with E-state index in [9.17, 15) is 14.0 Å². The van der Waals surface area contributed by atoms with Crippen LogP contribution in [0.5, 0.6) is 0 Å². The number of carbonyl (C=O) groups is 2. The molecule has 1 aliphatic heterocycles. The minimum Gasteiger partial charge on any atom is -0.369 e. The maximum absolute atomic E-state index is 14.7. The lowest BCUT2D eigenvalue weighted by atomic mass is 9.85. The van der Waals surface area contributed by atoms with E-state index >= 15 is 0 Å². The molecule has 4 rings (SSSR count). The predicted molar refractivity (Wildman–Crippen MR) is 113 cm³/mol. The maximum atomic E-state index is 14.7. The van der Waals surface area contributed by atoms with Crippen molar-refractivity contribution in [3.8, 4) is 0 Å². The van der Waals surface area contributed by atoms with E-state index in [1.54, 1.807) is 25.1 Å². The van der Waals surface area contributed by atoms with Crippen LogP contribution < -0.4 is 5.73 Å². The van der Waals surface area contributed by atoms with Crippen LogP contribution in [0.1, 0.15) is 35.0 Å². The average Bonchev–Trinajstić information content (AvgIpc) is 2.73. The molecule has 0 bridgehead atoms. The van der Waals surface area contributed by atoms with Crippen LogP contribution in [0, 0.1) is 5.82 Å². The van der Waals surface area contributed by atoms with Crippen LogP contribution in [0.15, 0.2) is 59.6 Å². The molecule has 0 fully saturated rings. The Kier molecular flexibility index (Phi) is 4.81. The molecule has 1 amide bonds. The fourth-order valence-electron chi connectivity index (χ4n) is 3.66. The zero-order valence-corrected chi connectivity index (χ0v) is 16.7. The lowest BCUT2D eigenvalue weighted by molar-refractivity contribution is -0.128. The number of pyridine rings is 1. The van der Waals surface area contributed by atoms with Crippen molar-refractivity contribution in [1.82, 2.24) is 9.88 Å². The van der Waals surface area contributed by atoms with Gasteiger partial charge in [0, 0.05) is 24.4 Å². The Morgan fingerprint density at radius 2 is 1.97 bits per heavy atom. The summed E-state index contributed by atoms with van der Waals surface area (Å²) in [7, 11) is 1.53. The molecule has 1 aromatic heterocycles. The van der Waals surface area contributed by atoms with Crippen molar-refractivity contribution in [3.63, 3.8) is 0 Å². The SMILES string of the molecule is CN1C(=O)CC(C)(c2cc(CC(=O)c3ccc4ccccc4n3)ccc2F)N=C1N. The molecular formula is C23H21FN4O2. The molecule has 152 valence electrons. The summed E-state index contributed by atoms with van der Waals surface area (Å²) in [5.74, 6) is -0.876. The summed E-state index contributed by atoms with van der Waals surface area (Å²) in [5.41, 5.74) is 6.66. The standard InChI is InChI=1S/C23H21FN4O2/c1-23(13-21(30)28(2)22(25)27-23)16-11-14(7-9-17(16)24)12-20(29)19-10-8-15-5-3-4-6-18(15)26-19/h3-11H,12-13H2,1-2H3,(H2,25,27). The first-order chi connectivity index (χ1) is 14.3. The van der Waals surface area contributed by atoms with Crippen LogP contribution >= 0.6 is 0 Å². The zero-order chi connectivity index (χ0) is 21.5. The molecule has 0 saturated carbocycles. The second kappa shape index (κ2) is 7.33. The Balaban J connectivity index is 1.64. The van der Waals surface area contributed by atoms with Crippen LogP contribution in [-0.2, 0) is 16.8 Å². The number of ketones is 1. The van der Waals surface area contributed by atoms with Gasteiger partial charge in [-0.25, -0.2) is 14.4 Å². The number of hydrogen-bond donors (Lipinski definition) is 1. The molecule has 1 aliphatic rings. The highest BCUT2D eigenvalue weighted by Gasteiger charge is 2.38. The van der Waals surface area contributed by atoms with E-state index in [-0.39, 0.29) is 36.1 Å². The Bertz CT molecular complexity index is 1210. The largest absolute Gasteiger partial charge is 0.369 e. The Hall–Kier alpha value is -3.61. The number of aliphatic imine (C=N–C) groups is 1. The third-order valence-electron chi connectivity index (χ3n) is 5.43. The first-order valence-corrected chi connectivity index (χ1v) is 9.57. The number of halogens is 1. The van der Waals surface area contributed by atoms with Gasteiger partial charge in [-0.3, -0.25) is 14.5 Å². The number of para-hydroxylation sites is 1. The summed E-state index contributed by atoms with van der Waals surface area (Å²) in [5, 5.41) is 0.952. The number of Topliss-reactive ketones (excluding diaryl/α,β-unsaturated/α-hetero) is 1. The van der Waals surface area contributed by atoms with Gasteiger partial charge in [-0.05, 0) is 36.8 Å². The van der Waals surface area contributed by atoms with Crippen LogP contribution in [0.2, 0.25) is 0 Å². The second-order valence-corrected chi connectivity index (χ2v) is 7.68. The van der Waals surface area contributed by atoms with Crippen molar-refractivity contribution >= 4 is 28.6 Å². The highest BCUT2D eigenvalue weighted by atomic mass is 19.1. The molecule has 0 saturated heterocycles. The second-order valence-electron chi connectivity index (χ2n) is 7.68. The number of carbonyl (C=O) groups excluding carboxylic acids is 2. The molecule has 0 spiro atoms. The molecular weight excluding hydrogens is 383 g/mol. The molecule has 30 heavy (non-hydrogen) atoms. The van der Waals surface area contributed by atoms with Gasteiger partial charge >= 0.3 is 0 Å². The first-order valence-electron chi connectivity index (χ1n) is 9.57. The van der Waals surface area contributed by atoms with E-state index in [0.717, 1.165) is 10.9 Å². The van der Waals surface area contributed by atoms with Gasteiger partial charge in [-0.2, -0.15) is 0 Å². The molecule has 0 aliphatic carbocycles. The molecule has 7 heteroatoms. The van der Waals surface area contributed by atoms with Gasteiger partial charge in [-0.1, -0.05) is 30.3 Å². The molecule has 2 aromatic carbocycles. The topological polar surface area (TPSA) is 88.7 Å². The highest BCUT2D eigenvalue weighted by molar-refractivity contribution is 5.99. The average molecular weight is 404 g/mol. The van der Waals surface area contributed by atoms with Gasteiger partial charge in [-0.15, -0.1) is 0 Å². The van der Waals surface area contributed by atoms with Gasteiger partial charge in [0.2, 0.25) is 5.91 Å². The zero-order valence-electron chi connectivity index (χ0n) is 16.7. The van der Waals surface area contributed by atoms with Crippen molar-refractivity contribution in [2.45, 2.75) is 25.3 Å². The minimum absolute atomic E-state index is 0.00918. The lowest BCUT2D eigenvalue weighted by Gasteiger charge is -2.34. The predicted octanol–water partition coefficient (Wildman–Crippen LogP) is 3.19. The normalized spacial score (nSPS) is 19.1. The van der Waals surface area contributed by atoms with Crippen LogP contribution in [-0.4, -0.2) is 34.6 Å². The quantitative estimate of drug-likeness (QED) is 0.677. The van der Waals surface area contributed by atoms with E-state index < -0.39 is 11.4 Å². The van der Waals surface area contributed by atoms with Crippen LogP contribution in [0.3, 0.4) is 0 Å². The number of aromatic nitrogens is 1. The maximum Gasteiger partial charge on any atom is 0.231 e. The molecule has 6 nitrogen and oxygen atoms in total. The number of benzene rings is 2. The number of fused-ring (bicyclic) bond motifs is 1. The highest BCUT2D eigenvalue weighted by Crippen LogP contribution is 2.35. The van der Waals surface area contributed by atoms with Crippen LogP contribution in [0.25, 0.3) is 10.9 Å². The fraction of sp³-hybridized carbons (Fsp3) is 0.217. The van der Waals surface area contributed by atoms with E-state index in [0.29, 0.717) is 11.3 Å². The minimum atomic E-state index is -1.13. The van der Waals surface area contributed by atoms with Gasteiger partial charge in [0.05, 0.1) is 17.5 Å². The van der Waals surface area contributed by atoms with Crippen molar-refractivity contribution in [1.29, 1.82) is 0 Å². The van der Waals surface area contributed by atoms with Crippen molar-refractivity contribution < 1.29 is 14.0 Å². The molecule has 0 radical (unpaired) electrons. The third kappa shape index (κ3) is 3.54. The number of guanidine groups is 1. The number of amides is 1. The molecule has 2 heterocycles. The Morgan fingerprint density at radius 1 is 1.20 bits per heavy atom. The third-order valence-corrected chi connectivity index (χ3v) is 5.43. The number of nitrogens with zero attached hydrogens (tertiary/aromatic N) is 3. The van der Waals surface area contributed by atoms with Gasteiger partial charge in [0.15, 0.2) is 11.7 Å². The van der Waals surface area contributed by atoms with Gasteiger partial charge in [0.1, 0.15) is 11.5 Å². The number of rotatable bonds is 4. The van der Waals surface area contributed by atoms with Gasteiger partial charge in [0.25, 0.3) is 0 Å². The van der Waals surface area contributed by atoms with E-state index in [1.807, 2.05) is 30.3 Å². The summed E-state index contributed by atoms with van der Waals surface area (Å²) in [6.07, 6.45) is 0.0481. The molecule has 3 aromatic rings. The Morgan fingerprint density at radius 3 is 2.73 bits per heavy atom. The van der Waals surface area contributed by atoms with Gasteiger partial charge < -0.3 is 5.73 Å². The molecule has 2 N–H and O–H groups in total. The fourth-order valence-corrected chi connectivity index (χ4v) is 3.66. The summed E-state index contributed by atoms with van der Waals surface area (Å²) in [6.45, 7) is 1.67. The summed E-state index contributed by atoms with van der Waals surface area (Å²) in [6, 6.07) is 15.5. The van der Waals surface area contributed by atoms with Crippen LogP contribution in [0.4, 0.5) is 4.39 Å². The summed E-state index contributed by atoms with van der Waals surface area (Å²) < 4.78 is 14.7. The van der Waals surface area contributed by atoms with E-state index in [2.05, 4.69) is 9.98 Å². The summed E-state index contributed by atoms with van der Waals surface area (Å²) >= 11 is 0. The number of nitrogens with two attached hydrogens (primary N) is 1. The van der Waals surface area contributed by atoms with Crippen molar-refractivity contribution in [2.75, 3.05) is 7.05 Å². The summed E-state index contributed by atoms with van der Waals surface area (Å²) in [4.78, 5) is 35.1. The first kappa shape index (κ1) is 19.7. The monoisotopic (exact) mass is 404 g/mol. The van der Waals surface area contributed by atoms with Crippen molar-refractivity contribution in [3.05, 3.63) is 77.2 Å². The Labute approximate surface area is 173 Å². The number of hydrogen-bond acceptors (Lipinski definition) is 5. The van der Waals surface area contributed by atoms with E-state index in [1.165, 1.54) is 18.0 Å². The molecule has 1 unspecified atom stereocenters. The van der Waals surface area contributed by atoms with Crippen molar-refractivity contribution in [2.24, 2.45) is 10.7 Å². The smallest absolute Gasteiger partial charge is 0.231 e. The van der Waals surface area contributed by atoms with E-state index in [4.69, 9.17) is 5.73 Å². The molecule has 1 atom stereocenters.